The van der Waals surface area contributed by atoms with Crippen molar-refractivity contribution < 1.29 is 9.53 Å². The van der Waals surface area contributed by atoms with Gasteiger partial charge >= 0.3 is 0 Å². The lowest BCUT2D eigenvalue weighted by molar-refractivity contribution is -0.115. The molecule has 0 spiro atoms. The molecule has 0 bridgehead atoms. The summed E-state index contributed by atoms with van der Waals surface area (Å²) in [5.41, 5.74) is 2.75. The normalized spacial score (nSPS) is 14.8. The number of nitrogens with one attached hydrogen (secondary N) is 1. The van der Waals surface area contributed by atoms with Crippen LogP contribution in [0.25, 0.3) is 0 Å². The van der Waals surface area contributed by atoms with Gasteiger partial charge in [-0.3, -0.25) is 4.79 Å². The smallest absolute Gasteiger partial charge is 0.228 e. The second-order valence-electron chi connectivity index (χ2n) is 6.88. The Morgan fingerprint density at radius 1 is 1.07 bits per heavy atom. The van der Waals surface area contributed by atoms with Crippen molar-refractivity contribution in [2.75, 3.05) is 49.5 Å². The molecule has 1 saturated heterocycles. The van der Waals surface area contributed by atoms with E-state index in [4.69, 9.17) is 16.3 Å². The number of piperazine rings is 1. The van der Waals surface area contributed by atoms with E-state index in [-0.39, 0.29) is 5.91 Å². The van der Waals surface area contributed by atoms with Crippen LogP contribution in [0.4, 0.5) is 11.4 Å². The van der Waals surface area contributed by atoms with Gasteiger partial charge in [-0.15, -0.1) is 0 Å². The van der Waals surface area contributed by atoms with E-state index in [0.29, 0.717) is 18.1 Å². The molecule has 6 heteroatoms. The maximum Gasteiger partial charge on any atom is 0.228 e. The molecule has 1 N–H and O–H groups in total. The van der Waals surface area contributed by atoms with Crippen molar-refractivity contribution in [3.8, 4) is 5.75 Å². The third-order valence-electron chi connectivity index (χ3n) is 4.99. The number of hydrogen-bond acceptors (Lipinski definition) is 4. The van der Waals surface area contributed by atoms with Gasteiger partial charge in [0.2, 0.25) is 5.91 Å². The summed E-state index contributed by atoms with van der Waals surface area (Å²) in [5.74, 6) is 0.759. The second-order valence-corrected chi connectivity index (χ2v) is 7.32. The Bertz CT molecular complexity index is 787. The maximum atomic E-state index is 12.6. The molecule has 0 aromatic heterocycles. The van der Waals surface area contributed by atoms with Crippen molar-refractivity contribution in [1.82, 2.24) is 4.90 Å². The van der Waals surface area contributed by atoms with Gasteiger partial charge < -0.3 is 19.9 Å². The van der Waals surface area contributed by atoms with Crippen molar-refractivity contribution in [2.24, 2.45) is 0 Å². The van der Waals surface area contributed by atoms with Gasteiger partial charge in [-0.2, -0.15) is 0 Å². The molecule has 2 aromatic carbocycles. The van der Waals surface area contributed by atoms with Crippen molar-refractivity contribution in [3.63, 3.8) is 0 Å². The zero-order chi connectivity index (χ0) is 19.9. The van der Waals surface area contributed by atoms with Crippen molar-refractivity contribution in [2.45, 2.75) is 20.3 Å². The highest BCUT2D eigenvalue weighted by molar-refractivity contribution is 6.31. The largest absolute Gasteiger partial charge is 0.494 e. The molecule has 1 amide bonds. The van der Waals surface area contributed by atoms with Crippen LogP contribution in [0.3, 0.4) is 0 Å². The molecule has 3 rings (SSSR count). The first-order valence-corrected chi connectivity index (χ1v) is 10.2. The van der Waals surface area contributed by atoms with Crippen LogP contribution in [-0.4, -0.2) is 50.1 Å². The molecular weight excluding hydrogens is 374 g/mol. The van der Waals surface area contributed by atoms with Crippen LogP contribution in [0.1, 0.15) is 19.4 Å². The minimum atomic E-state index is -0.0557. The molecule has 1 heterocycles. The van der Waals surface area contributed by atoms with Gasteiger partial charge in [0, 0.05) is 31.2 Å². The first-order chi connectivity index (χ1) is 13.6. The van der Waals surface area contributed by atoms with Crippen LogP contribution in [0.2, 0.25) is 5.02 Å². The molecule has 1 fully saturated rings. The Morgan fingerprint density at radius 3 is 2.43 bits per heavy atom. The Labute approximate surface area is 172 Å². The van der Waals surface area contributed by atoms with Crippen LogP contribution in [0, 0.1) is 0 Å². The molecule has 1 aliphatic rings. The van der Waals surface area contributed by atoms with E-state index in [9.17, 15) is 4.79 Å². The lowest BCUT2D eigenvalue weighted by atomic mass is 10.1. The predicted molar refractivity (Wildman–Crippen MR) is 116 cm³/mol. The fourth-order valence-electron chi connectivity index (χ4n) is 3.44. The number of ether oxygens (including phenoxy) is 1. The highest BCUT2D eigenvalue weighted by atomic mass is 35.5. The van der Waals surface area contributed by atoms with Crippen LogP contribution in [0.5, 0.6) is 5.75 Å². The summed E-state index contributed by atoms with van der Waals surface area (Å²) in [6, 6.07) is 13.3. The number of halogens is 1. The molecule has 5 nitrogen and oxygen atoms in total. The average molecular weight is 402 g/mol. The standard InChI is InChI=1S/C22H28ClN3O2/c1-3-25-11-13-26(14-12-25)21-10-7-18(23)16-20(21)24-22(27)15-17-5-8-19(9-6-17)28-4-2/h5-10,16H,3-4,11-15H2,1-2H3,(H,24,27). The minimum Gasteiger partial charge on any atom is -0.494 e. The van der Waals surface area contributed by atoms with Crippen molar-refractivity contribution >= 4 is 28.9 Å². The van der Waals surface area contributed by atoms with Gasteiger partial charge in [-0.05, 0) is 49.4 Å². The summed E-state index contributed by atoms with van der Waals surface area (Å²) in [6.45, 7) is 9.77. The molecule has 1 aliphatic heterocycles. The molecule has 0 atom stereocenters. The number of benzene rings is 2. The van der Waals surface area contributed by atoms with Crippen LogP contribution in [-0.2, 0) is 11.2 Å². The Kier molecular flexibility index (Phi) is 7.18. The highest BCUT2D eigenvalue weighted by Gasteiger charge is 2.19. The number of carbonyl (C=O) groups excluding carboxylic acids is 1. The number of hydrogen-bond donors (Lipinski definition) is 1. The highest BCUT2D eigenvalue weighted by Crippen LogP contribution is 2.30. The lowest BCUT2D eigenvalue weighted by Gasteiger charge is -2.36. The fourth-order valence-corrected chi connectivity index (χ4v) is 3.61. The van der Waals surface area contributed by atoms with Gasteiger partial charge in [0.1, 0.15) is 5.75 Å². The Balaban J connectivity index is 1.67. The number of anilines is 2. The molecule has 150 valence electrons. The lowest BCUT2D eigenvalue weighted by Crippen LogP contribution is -2.46. The summed E-state index contributed by atoms with van der Waals surface area (Å²) < 4.78 is 5.45. The van der Waals surface area contributed by atoms with Gasteiger partial charge in [0.15, 0.2) is 0 Å². The summed E-state index contributed by atoms with van der Waals surface area (Å²) in [7, 11) is 0. The van der Waals surface area contributed by atoms with E-state index in [0.717, 1.165) is 55.4 Å². The monoisotopic (exact) mass is 401 g/mol. The SMILES string of the molecule is CCOc1ccc(CC(=O)Nc2cc(Cl)ccc2N2CCN(CC)CC2)cc1. The first kappa shape index (κ1) is 20.5. The molecule has 0 saturated carbocycles. The maximum absolute atomic E-state index is 12.6. The van der Waals surface area contributed by atoms with Crippen LogP contribution < -0.4 is 15.0 Å². The molecular formula is C22H28ClN3O2. The predicted octanol–water partition coefficient (Wildman–Crippen LogP) is 4.06. The van der Waals surface area contributed by atoms with Crippen LogP contribution in [0.15, 0.2) is 42.5 Å². The number of carbonyl (C=O) groups is 1. The van der Waals surface area contributed by atoms with Gasteiger partial charge in [0.05, 0.1) is 24.4 Å². The van der Waals surface area contributed by atoms with Crippen molar-refractivity contribution in [1.29, 1.82) is 0 Å². The number of nitrogens with zero attached hydrogens (tertiary/aromatic N) is 2. The molecule has 0 radical (unpaired) electrons. The molecule has 0 unspecified atom stereocenters. The van der Waals surface area contributed by atoms with E-state index >= 15 is 0 Å². The summed E-state index contributed by atoms with van der Waals surface area (Å²) in [4.78, 5) is 17.4. The van der Waals surface area contributed by atoms with E-state index in [1.54, 1.807) is 0 Å². The zero-order valence-corrected chi connectivity index (χ0v) is 17.3. The zero-order valence-electron chi connectivity index (χ0n) is 16.6. The minimum absolute atomic E-state index is 0.0557. The second kappa shape index (κ2) is 9.80. The van der Waals surface area contributed by atoms with E-state index < -0.39 is 0 Å². The first-order valence-electron chi connectivity index (χ1n) is 9.87. The third-order valence-corrected chi connectivity index (χ3v) is 5.23. The average Bonchev–Trinajstić information content (AvgIpc) is 2.70. The quantitative estimate of drug-likeness (QED) is 0.759. The van der Waals surface area contributed by atoms with Gasteiger partial charge in [0.25, 0.3) is 0 Å². The Morgan fingerprint density at radius 2 is 1.79 bits per heavy atom. The van der Waals surface area contributed by atoms with E-state index in [1.807, 2.05) is 49.4 Å². The van der Waals surface area contributed by atoms with Crippen molar-refractivity contribution in [3.05, 3.63) is 53.1 Å². The van der Waals surface area contributed by atoms with Gasteiger partial charge in [-0.1, -0.05) is 30.7 Å². The summed E-state index contributed by atoms with van der Waals surface area (Å²) >= 11 is 6.20. The van der Waals surface area contributed by atoms with Crippen LogP contribution >= 0.6 is 11.6 Å². The summed E-state index contributed by atoms with van der Waals surface area (Å²) in [6.07, 6.45) is 0.308. The van der Waals surface area contributed by atoms with Gasteiger partial charge in [-0.25, -0.2) is 0 Å². The summed E-state index contributed by atoms with van der Waals surface area (Å²) in [5, 5.41) is 3.67. The fraction of sp³-hybridized carbons (Fsp3) is 0.409. The molecule has 0 aliphatic carbocycles. The van der Waals surface area contributed by atoms with E-state index in [2.05, 4.69) is 22.0 Å². The number of amides is 1. The third kappa shape index (κ3) is 5.40. The topological polar surface area (TPSA) is 44.8 Å². The number of rotatable bonds is 7. The molecule has 28 heavy (non-hydrogen) atoms. The van der Waals surface area contributed by atoms with E-state index in [1.165, 1.54) is 0 Å². The molecule has 2 aromatic rings. The number of likely N-dealkylation sites (N-methyl/N-ethyl adjacent to an activating group) is 1. The Hall–Kier alpha value is -2.24.